The molecular weight excluding hydrogens is 572 g/mol. The van der Waals surface area contributed by atoms with Crippen molar-refractivity contribution >= 4 is 11.9 Å². The molecule has 2 aromatic carbocycles. The number of carbonyl (C=O) groups is 2. The summed E-state index contributed by atoms with van der Waals surface area (Å²) in [5.74, 6) is -0.497. The lowest BCUT2D eigenvalue weighted by Crippen LogP contribution is -2.44. The molecule has 4 unspecified atom stereocenters. The second-order valence-electron chi connectivity index (χ2n) is 13.4. The first-order valence-corrected chi connectivity index (χ1v) is 16.6. The van der Waals surface area contributed by atoms with Gasteiger partial charge in [-0.3, -0.25) is 9.59 Å². The maximum atomic E-state index is 12.8. The molecule has 0 amide bonds. The Labute approximate surface area is 267 Å². The van der Waals surface area contributed by atoms with Crippen LogP contribution >= 0.6 is 0 Å². The molecule has 2 aliphatic rings. The molecule has 9 nitrogen and oxygen atoms in total. The van der Waals surface area contributed by atoms with Crippen LogP contribution in [0.1, 0.15) is 88.2 Å². The summed E-state index contributed by atoms with van der Waals surface area (Å²) in [7, 11) is 3.98. The van der Waals surface area contributed by atoms with Crippen molar-refractivity contribution in [1.29, 1.82) is 0 Å². The third-order valence-corrected chi connectivity index (χ3v) is 9.90. The van der Waals surface area contributed by atoms with E-state index >= 15 is 0 Å². The average Bonchev–Trinajstić information content (AvgIpc) is 2.99. The van der Waals surface area contributed by atoms with Crippen LogP contribution < -0.4 is 4.74 Å². The van der Waals surface area contributed by atoms with Crippen LogP contribution in [0.25, 0.3) is 0 Å². The van der Waals surface area contributed by atoms with Gasteiger partial charge in [0.15, 0.2) is 0 Å². The number of ether oxygens (including phenoxy) is 1. The van der Waals surface area contributed by atoms with Gasteiger partial charge in [0.2, 0.25) is 0 Å². The van der Waals surface area contributed by atoms with Gasteiger partial charge in [-0.1, -0.05) is 49.9 Å². The molecule has 0 saturated heterocycles. The van der Waals surface area contributed by atoms with Gasteiger partial charge in [-0.2, -0.15) is 0 Å². The highest BCUT2D eigenvalue weighted by molar-refractivity contribution is 5.72. The smallest absolute Gasteiger partial charge is 0.311 e. The molecule has 0 heterocycles. The van der Waals surface area contributed by atoms with E-state index in [1.54, 1.807) is 30.3 Å². The van der Waals surface area contributed by atoms with E-state index in [1.807, 2.05) is 32.3 Å². The summed E-state index contributed by atoms with van der Waals surface area (Å²) in [6.07, 6.45) is 8.61. The fourth-order valence-corrected chi connectivity index (χ4v) is 7.42. The Morgan fingerprint density at radius 3 is 1.89 bits per heavy atom. The molecule has 2 saturated carbocycles. The summed E-state index contributed by atoms with van der Waals surface area (Å²) in [5, 5.41) is 42.5. The van der Waals surface area contributed by atoms with Crippen molar-refractivity contribution < 1.29 is 34.8 Å². The van der Waals surface area contributed by atoms with E-state index in [2.05, 4.69) is 9.80 Å². The number of benzene rings is 2. The number of carboxylic acids is 1. The highest BCUT2D eigenvalue weighted by Crippen LogP contribution is 2.44. The number of carbonyl (C=O) groups excluding carboxylic acids is 1. The standard InChI is InChI=1S/C36H52N2O7/c1-37(21-9-17-33(40)41)26-30-12-4-6-20-36(30,44)28-14-8-16-32(24-28)45-34(42)18-10-22-38(2)25-29-11-3-5-19-35(29,43)27-13-7-15-31(39)23-27/h7-8,13-16,23-24,29-30,39,43-44H,3-6,9-12,17-22,25-26H2,1-2H3,(H,40,41). The number of esters is 1. The molecule has 2 aromatic rings. The predicted molar refractivity (Wildman–Crippen MR) is 173 cm³/mol. The maximum Gasteiger partial charge on any atom is 0.311 e. The first-order valence-electron chi connectivity index (χ1n) is 16.6. The van der Waals surface area contributed by atoms with Crippen LogP contribution in [0.15, 0.2) is 48.5 Å². The lowest BCUT2D eigenvalue weighted by atomic mass is 9.71. The monoisotopic (exact) mass is 624 g/mol. The van der Waals surface area contributed by atoms with Crippen molar-refractivity contribution in [2.24, 2.45) is 11.8 Å². The molecule has 248 valence electrons. The minimum atomic E-state index is -1.04. The second-order valence-corrected chi connectivity index (χ2v) is 13.4. The van der Waals surface area contributed by atoms with Crippen molar-refractivity contribution in [2.75, 3.05) is 40.3 Å². The highest BCUT2D eigenvalue weighted by atomic mass is 16.5. The van der Waals surface area contributed by atoms with Gasteiger partial charge in [0, 0.05) is 37.8 Å². The Hall–Kier alpha value is -2.98. The Balaban J connectivity index is 1.28. The minimum absolute atomic E-state index is 0.00281. The zero-order chi connectivity index (χ0) is 32.5. The molecule has 4 rings (SSSR count). The van der Waals surface area contributed by atoms with Crippen LogP contribution in [0.2, 0.25) is 0 Å². The molecule has 0 aliphatic heterocycles. The van der Waals surface area contributed by atoms with Gasteiger partial charge in [0.05, 0.1) is 11.2 Å². The minimum Gasteiger partial charge on any atom is -0.508 e. The van der Waals surface area contributed by atoms with Gasteiger partial charge in [0.1, 0.15) is 11.5 Å². The fourth-order valence-electron chi connectivity index (χ4n) is 7.42. The Bertz CT molecular complexity index is 1270. The van der Waals surface area contributed by atoms with Crippen LogP contribution in [0, 0.1) is 11.8 Å². The molecule has 2 fully saturated rings. The molecule has 4 N–H and O–H groups in total. The number of rotatable bonds is 15. The molecule has 9 heteroatoms. The highest BCUT2D eigenvalue weighted by Gasteiger charge is 2.42. The van der Waals surface area contributed by atoms with Crippen LogP contribution in [-0.2, 0) is 20.8 Å². The fraction of sp³-hybridized carbons (Fsp3) is 0.611. The molecule has 2 aliphatic carbocycles. The topological polar surface area (TPSA) is 131 Å². The third kappa shape index (κ3) is 9.51. The number of carboxylic acid groups (broad SMARTS) is 1. The van der Waals surface area contributed by atoms with Crippen LogP contribution in [0.4, 0.5) is 0 Å². The number of aromatic hydroxyl groups is 1. The van der Waals surface area contributed by atoms with Crippen molar-refractivity contribution in [2.45, 2.75) is 88.3 Å². The van der Waals surface area contributed by atoms with Crippen molar-refractivity contribution in [1.82, 2.24) is 9.80 Å². The normalized spacial score (nSPS) is 25.4. The van der Waals surface area contributed by atoms with E-state index in [-0.39, 0.29) is 36.4 Å². The summed E-state index contributed by atoms with van der Waals surface area (Å²) in [5.41, 5.74) is -0.502. The van der Waals surface area contributed by atoms with Crippen LogP contribution in [0.5, 0.6) is 11.5 Å². The molecule has 45 heavy (non-hydrogen) atoms. The number of aliphatic carboxylic acids is 1. The summed E-state index contributed by atoms with van der Waals surface area (Å²) in [6.45, 7) is 2.70. The summed E-state index contributed by atoms with van der Waals surface area (Å²) in [4.78, 5) is 28.0. The number of phenols is 1. The van der Waals surface area contributed by atoms with Crippen LogP contribution in [-0.4, -0.2) is 82.4 Å². The lowest BCUT2D eigenvalue weighted by Gasteiger charge is -2.42. The zero-order valence-electron chi connectivity index (χ0n) is 27.0. The second kappa shape index (κ2) is 16.0. The number of nitrogens with zero attached hydrogens (tertiary/aromatic N) is 2. The van der Waals surface area contributed by atoms with Gasteiger partial charge in [-0.25, -0.2) is 0 Å². The van der Waals surface area contributed by atoms with Gasteiger partial charge < -0.3 is 35.0 Å². The first-order chi connectivity index (χ1) is 21.5. The Kier molecular flexibility index (Phi) is 12.4. The van der Waals surface area contributed by atoms with E-state index in [9.17, 15) is 24.9 Å². The predicted octanol–water partition coefficient (Wildman–Crippen LogP) is 5.26. The largest absolute Gasteiger partial charge is 0.508 e. The summed E-state index contributed by atoms with van der Waals surface area (Å²) in [6, 6.07) is 14.2. The maximum absolute atomic E-state index is 12.8. The van der Waals surface area contributed by atoms with Gasteiger partial charge in [-0.15, -0.1) is 0 Å². The summed E-state index contributed by atoms with van der Waals surface area (Å²) < 4.78 is 5.72. The van der Waals surface area contributed by atoms with Crippen molar-refractivity contribution in [3.8, 4) is 11.5 Å². The summed E-state index contributed by atoms with van der Waals surface area (Å²) >= 11 is 0. The molecule has 0 spiro atoms. The van der Waals surface area contributed by atoms with E-state index in [0.29, 0.717) is 57.6 Å². The van der Waals surface area contributed by atoms with E-state index < -0.39 is 17.2 Å². The molecule has 4 atom stereocenters. The number of aliphatic hydroxyl groups is 2. The van der Waals surface area contributed by atoms with E-state index in [1.165, 1.54) is 0 Å². The van der Waals surface area contributed by atoms with Gasteiger partial charge >= 0.3 is 11.9 Å². The first kappa shape index (κ1) is 34.9. The molecular formula is C36H52N2O7. The van der Waals surface area contributed by atoms with Gasteiger partial charge in [0.25, 0.3) is 0 Å². The van der Waals surface area contributed by atoms with E-state index in [0.717, 1.165) is 49.7 Å². The van der Waals surface area contributed by atoms with Gasteiger partial charge in [-0.05, 0) is 101 Å². The van der Waals surface area contributed by atoms with Crippen molar-refractivity contribution in [3.05, 3.63) is 59.7 Å². The van der Waals surface area contributed by atoms with Crippen LogP contribution in [0.3, 0.4) is 0 Å². The zero-order valence-corrected chi connectivity index (χ0v) is 27.0. The molecule has 0 aromatic heterocycles. The quantitative estimate of drug-likeness (QED) is 0.155. The Morgan fingerprint density at radius 2 is 1.33 bits per heavy atom. The third-order valence-electron chi connectivity index (χ3n) is 9.90. The number of phenolic OH excluding ortho intramolecular Hbond substituents is 1. The average molecular weight is 625 g/mol. The number of hydrogen-bond donors (Lipinski definition) is 4. The SMILES string of the molecule is CN(CCCC(=O)O)CC1CCCCC1(O)c1cccc(OC(=O)CCCN(C)CC2CCCCC2(O)c2cccc(O)c2)c1. The number of hydrogen-bond acceptors (Lipinski definition) is 8. The van der Waals surface area contributed by atoms with E-state index in [4.69, 9.17) is 9.84 Å². The molecule has 0 bridgehead atoms. The van der Waals surface area contributed by atoms with Crippen molar-refractivity contribution in [3.63, 3.8) is 0 Å². The Morgan fingerprint density at radius 1 is 0.800 bits per heavy atom. The molecule has 0 radical (unpaired) electrons. The lowest BCUT2D eigenvalue weighted by molar-refractivity contribution is -0.137.